The topological polar surface area (TPSA) is 32.3 Å². The molecule has 0 spiro atoms. The van der Waals surface area contributed by atoms with E-state index in [1.165, 1.54) is 5.56 Å². The van der Waals surface area contributed by atoms with Gasteiger partial charge in [0, 0.05) is 5.69 Å². The number of hydrogen-bond acceptors (Lipinski definition) is 2. The van der Waals surface area contributed by atoms with Crippen LogP contribution in [-0.4, -0.2) is 11.7 Å². The number of hydrogen-bond donors (Lipinski definition) is 2. The van der Waals surface area contributed by atoms with Crippen LogP contribution in [0.4, 0.5) is 5.69 Å². The molecule has 1 atom stereocenters. The van der Waals surface area contributed by atoms with E-state index in [0.29, 0.717) is 0 Å². The van der Waals surface area contributed by atoms with E-state index in [9.17, 15) is 5.11 Å². The number of aliphatic hydroxyl groups excluding tert-OH is 1. The van der Waals surface area contributed by atoms with E-state index in [-0.39, 0.29) is 6.61 Å². The molecule has 2 aromatic rings. The molecule has 0 radical (unpaired) electrons. The van der Waals surface area contributed by atoms with Gasteiger partial charge < -0.3 is 10.4 Å². The van der Waals surface area contributed by atoms with Crippen molar-refractivity contribution in [2.24, 2.45) is 0 Å². The van der Waals surface area contributed by atoms with Crippen LogP contribution < -0.4 is 5.32 Å². The van der Waals surface area contributed by atoms with Crippen LogP contribution in [0.15, 0.2) is 54.6 Å². The van der Waals surface area contributed by atoms with Crippen molar-refractivity contribution in [3.8, 4) is 0 Å². The minimum atomic E-state index is -0.413. The molecule has 0 saturated heterocycles. The van der Waals surface area contributed by atoms with Gasteiger partial charge in [-0.1, -0.05) is 55.8 Å². The SMILES string of the molecule is CCCC(CO)(Nc1cccc(C)c1)c1ccccc1. The van der Waals surface area contributed by atoms with Gasteiger partial charge in [0.1, 0.15) is 0 Å². The maximum atomic E-state index is 10.0. The first-order chi connectivity index (χ1) is 9.70. The summed E-state index contributed by atoms with van der Waals surface area (Å²) in [5.74, 6) is 0. The quantitative estimate of drug-likeness (QED) is 0.827. The largest absolute Gasteiger partial charge is 0.394 e. The third-order valence-corrected chi connectivity index (χ3v) is 3.67. The summed E-state index contributed by atoms with van der Waals surface area (Å²) >= 11 is 0. The molecule has 106 valence electrons. The molecule has 20 heavy (non-hydrogen) atoms. The maximum Gasteiger partial charge on any atom is 0.0856 e. The second kappa shape index (κ2) is 6.58. The van der Waals surface area contributed by atoms with E-state index in [2.05, 4.69) is 49.5 Å². The Hall–Kier alpha value is -1.80. The Morgan fingerprint density at radius 3 is 2.40 bits per heavy atom. The van der Waals surface area contributed by atoms with Crippen LogP contribution in [-0.2, 0) is 5.54 Å². The summed E-state index contributed by atoms with van der Waals surface area (Å²) < 4.78 is 0. The van der Waals surface area contributed by atoms with Crippen LogP contribution in [0, 0.1) is 6.92 Å². The molecule has 0 aromatic heterocycles. The number of anilines is 1. The van der Waals surface area contributed by atoms with Crippen LogP contribution in [0.2, 0.25) is 0 Å². The molecule has 0 bridgehead atoms. The molecule has 2 nitrogen and oxygen atoms in total. The zero-order valence-corrected chi connectivity index (χ0v) is 12.3. The predicted molar refractivity (Wildman–Crippen MR) is 84.9 cm³/mol. The fourth-order valence-electron chi connectivity index (χ4n) is 2.67. The second-order valence-corrected chi connectivity index (χ2v) is 5.35. The number of rotatable bonds is 6. The molecule has 0 saturated carbocycles. The average Bonchev–Trinajstić information content (AvgIpc) is 2.48. The summed E-state index contributed by atoms with van der Waals surface area (Å²) in [6.07, 6.45) is 1.90. The van der Waals surface area contributed by atoms with E-state index < -0.39 is 5.54 Å². The van der Waals surface area contributed by atoms with Crippen molar-refractivity contribution in [1.29, 1.82) is 0 Å². The first-order valence-electron chi connectivity index (χ1n) is 7.21. The van der Waals surface area contributed by atoms with E-state index in [1.807, 2.05) is 24.3 Å². The van der Waals surface area contributed by atoms with Gasteiger partial charge in [-0.15, -0.1) is 0 Å². The van der Waals surface area contributed by atoms with Crippen LogP contribution in [0.5, 0.6) is 0 Å². The van der Waals surface area contributed by atoms with Crippen LogP contribution in [0.3, 0.4) is 0 Å². The van der Waals surface area contributed by atoms with Gasteiger partial charge in [0.25, 0.3) is 0 Å². The molecule has 1 unspecified atom stereocenters. The molecule has 0 fully saturated rings. The van der Waals surface area contributed by atoms with Crippen molar-refractivity contribution in [1.82, 2.24) is 0 Å². The number of nitrogens with one attached hydrogen (secondary N) is 1. The maximum absolute atomic E-state index is 10.0. The Morgan fingerprint density at radius 1 is 1.05 bits per heavy atom. The zero-order chi connectivity index (χ0) is 14.4. The van der Waals surface area contributed by atoms with E-state index in [4.69, 9.17) is 0 Å². The van der Waals surface area contributed by atoms with Gasteiger partial charge >= 0.3 is 0 Å². The molecule has 0 aliphatic heterocycles. The van der Waals surface area contributed by atoms with Crippen molar-refractivity contribution >= 4 is 5.69 Å². The normalized spacial score (nSPS) is 13.8. The summed E-state index contributed by atoms with van der Waals surface area (Å²) in [6, 6.07) is 18.5. The van der Waals surface area contributed by atoms with Gasteiger partial charge in [-0.05, 0) is 36.6 Å². The van der Waals surface area contributed by atoms with Gasteiger partial charge in [0.15, 0.2) is 0 Å². The Labute approximate surface area is 121 Å². The first-order valence-corrected chi connectivity index (χ1v) is 7.21. The molecule has 0 heterocycles. The smallest absolute Gasteiger partial charge is 0.0856 e. The lowest BCUT2D eigenvalue weighted by Crippen LogP contribution is -2.39. The second-order valence-electron chi connectivity index (χ2n) is 5.35. The molecule has 2 aromatic carbocycles. The highest BCUT2D eigenvalue weighted by atomic mass is 16.3. The lowest BCUT2D eigenvalue weighted by Gasteiger charge is -2.34. The summed E-state index contributed by atoms with van der Waals surface area (Å²) in [4.78, 5) is 0. The van der Waals surface area contributed by atoms with Crippen molar-refractivity contribution in [2.45, 2.75) is 32.2 Å². The van der Waals surface area contributed by atoms with Crippen molar-refractivity contribution in [2.75, 3.05) is 11.9 Å². The Morgan fingerprint density at radius 2 is 1.80 bits per heavy atom. The van der Waals surface area contributed by atoms with Gasteiger partial charge in [-0.3, -0.25) is 0 Å². The monoisotopic (exact) mass is 269 g/mol. The van der Waals surface area contributed by atoms with E-state index in [0.717, 1.165) is 24.1 Å². The molecular weight excluding hydrogens is 246 g/mol. The molecule has 0 amide bonds. The van der Waals surface area contributed by atoms with Gasteiger partial charge in [-0.25, -0.2) is 0 Å². The molecule has 2 rings (SSSR count). The minimum absolute atomic E-state index is 0.0821. The predicted octanol–water partition coefficient (Wildman–Crippen LogP) is 4.09. The van der Waals surface area contributed by atoms with E-state index in [1.54, 1.807) is 0 Å². The van der Waals surface area contributed by atoms with E-state index >= 15 is 0 Å². The number of aryl methyl sites for hydroxylation is 1. The Balaban J connectivity index is 2.37. The molecule has 2 N–H and O–H groups in total. The van der Waals surface area contributed by atoms with Gasteiger partial charge in [-0.2, -0.15) is 0 Å². The van der Waals surface area contributed by atoms with Gasteiger partial charge in [0.05, 0.1) is 12.1 Å². The Bertz CT molecular complexity index is 538. The van der Waals surface area contributed by atoms with Crippen molar-refractivity contribution in [3.63, 3.8) is 0 Å². The summed E-state index contributed by atoms with van der Waals surface area (Å²) in [7, 11) is 0. The fraction of sp³-hybridized carbons (Fsp3) is 0.333. The number of benzene rings is 2. The molecule has 2 heteroatoms. The fourth-order valence-corrected chi connectivity index (χ4v) is 2.67. The Kier molecular flexibility index (Phi) is 4.80. The summed E-state index contributed by atoms with van der Waals surface area (Å²) in [5.41, 5.74) is 2.98. The summed E-state index contributed by atoms with van der Waals surface area (Å²) in [6.45, 7) is 4.30. The lowest BCUT2D eigenvalue weighted by atomic mass is 9.86. The molecular formula is C18H23NO. The molecule has 0 aliphatic rings. The van der Waals surface area contributed by atoms with Crippen molar-refractivity contribution in [3.05, 3.63) is 65.7 Å². The number of aliphatic hydroxyl groups is 1. The van der Waals surface area contributed by atoms with Crippen molar-refractivity contribution < 1.29 is 5.11 Å². The van der Waals surface area contributed by atoms with Crippen LogP contribution >= 0.6 is 0 Å². The first kappa shape index (κ1) is 14.6. The third-order valence-electron chi connectivity index (χ3n) is 3.67. The highest BCUT2D eigenvalue weighted by molar-refractivity contribution is 5.50. The average molecular weight is 269 g/mol. The zero-order valence-electron chi connectivity index (χ0n) is 12.3. The standard InChI is InChI=1S/C18H23NO/c1-3-12-18(14-20,16-9-5-4-6-10-16)19-17-11-7-8-15(2)13-17/h4-11,13,19-20H,3,12,14H2,1-2H3. The highest BCUT2D eigenvalue weighted by Crippen LogP contribution is 2.31. The van der Waals surface area contributed by atoms with Gasteiger partial charge in [0.2, 0.25) is 0 Å². The minimum Gasteiger partial charge on any atom is -0.394 e. The molecule has 0 aliphatic carbocycles. The van der Waals surface area contributed by atoms with Crippen LogP contribution in [0.1, 0.15) is 30.9 Å². The highest BCUT2D eigenvalue weighted by Gasteiger charge is 2.30. The van der Waals surface area contributed by atoms with Crippen LogP contribution in [0.25, 0.3) is 0 Å². The third kappa shape index (κ3) is 3.20. The summed E-state index contributed by atoms with van der Waals surface area (Å²) in [5, 5.41) is 13.6. The lowest BCUT2D eigenvalue weighted by molar-refractivity contribution is 0.202.